The van der Waals surface area contributed by atoms with E-state index in [1.54, 1.807) is 0 Å². The smallest absolute Gasteiger partial charge is 0.0302 e. The van der Waals surface area contributed by atoms with Gasteiger partial charge < -0.3 is 5.32 Å². The van der Waals surface area contributed by atoms with Gasteiger partial charge in [-0.25, -0.2) is 0 Å². The van der Waals surface area contributed by atoms with Crippen LogP contribution in [0.5, 0.6) is 0 Å². The van der Waals surface area contributed by atoms with E-state index in [9.17, 15) is 0 Å². The molecule has 0 saturated heterocycles. The van der Waals surface area contributed by atoms with Crippen LogP contribution in [-0.4, -0.2) is 6.04 Å². The number of aryl methyl sites for hydroxylation is 1. The molecule has 1 aromatic rings. The lowest BCUT2D eigenvalue weighted by Gasteiger charge is -2.39. The van der Waals surface area contributed by atoms with E-state index < -0.39 is 0 Å². The van der Waals surface area contributed by atoms with Crippen molar-refractivity contribution in [2.75, 3.05) is 0 Å². The fourth-order valence-electron chi connectivity index (χ4n) is 3.06. The number of nitrogens with one attached hydrogen (secondary N) is 1. The van der Waals surface area contributed by atoms with Crippen molar-refractivity contribution in [3.8, 4) is 0 Å². The summed E-state index contributed by atoms with van der Waals surface area (Å²) in [7, 11) is 0. The zero-order chi connectivity index (χ0) is 12.5. The van der Waals surface area contributed by atoms with Crippen molar-refractivity contribution >= 4 is 11.3 Å². The van der Waals surface area contributed by atoms with Crippen LogP contribution in [-0.2, 0) is 6.54 Å². The molecule has 1 fully saturated rings. The highest BCUT2D eigenvalue weighted by Crippen LogP contribution is 2.38. The third-order valence-corrected chi connectivity index (χ3v) is 5.03. The normalized spacial score (nSPS) is 28.2. The molecule has 2 heteroatoms. The predicted molar refractivity (Wildman–Crippen MR) is 76.5 cm³/mol. The van der Waals surface area contributed by atoms with Gasteiger partial charge in [0.15, 0.2) is 0 Å². The van der Waals surface area contributed by atoms with Crippen LogP contribution in [0, 0.1) is 18.3 Å². The van der Waals surface area contributed by atoms with Crippen LogP contribution in [0.2, 0.25) is 0 Å². The Morgan fingerprint density at radius 2 is 2.18 bits per heavy atom. The van der Waals surface area contributed by atoms with E-state index in [1.807, 2.05) is 11.3 Å². The van der Waals surface area contributed by atoms with E-state index >= 15 is 0 Å². The van der Waals surface area contributed by atoms with Crippen molar-refractivity contribution in [2.45, 2.75) is 59.5 Å². The first-order valence-electron chi connectivity index (χ1n) is 6.75. The van der Waals surface area contributed by atoms with Crippen molar-refractivity contribution in [1.82, 2.24) is 5.32 Å². The van der Waals surface area contributed by atoms with Gasteiger partial charge in [0.1, 0.15) is 0 Å². The van der Waals surface area contributed by atoms with E-state index in [0.717, 1.165) is 12.5 Å². The van der Waals surface area contributed by atoms with Crippen molar-refractivity contribution in [3.05, 3.63) is 21.9 Å². The fourth-order valence-corrected chi connectivity index (χ4v) is 3.90. The van der Waals surface area contributed by atoms with E-state index in [2.05, 4.69) is 45.1 Å². The standard InChI is InChI=1S/C15H25NS/c1-11-9-15(3,4)8-7-14(11)16-10-13-6-5-12(2)17-13/h5-6,11,14,16H,7-10H2,1-4H3. The van der Waals surface area contributed by atoms with Crippen LogP contribution < -0.4 is 5.32 Å². The molecular formula is C15H25NS. The van der Waals surface area contributed by atoms with Crippen LogP contribution in [0.3, 0.4) is 0 Å². The first-order chi connectivity index (χ1) is 7.96. The van der Waals surface area contributed by atoms with Gasteiger partial charge in [-0.15, -0.1) is 11.3 Å². The summed E-state index contributed by atoms with van der Waals surface area (Å²) in [4.78, 5) is 2.89. The predicted octanol–water partition coefficient (Wildman–Crippen LogP) is 4.36. The number of thiophene rings is 1. The number of hydrogen-bond acceptors (Lipinski definition) is 2. The topological polar surface area (TPSA) is 12.0 Å². The summed E-state index contributed by atoms with van der Waals surface area (Å²) < 4.78 is 0. The summed E-state index contributed by atoms with van der Waals surface area (Å²) in [5, 5.41) is 3.75. The van der Waals surface area contributed by atoms with Gasteiger partial charge in [0.25, 0.3) is 0 Å². The van der Waals surface area contributed by atoms with Crippen molar-refractivity contribution in [2.24, 2.45) is 11.3 Å². The number of rotatable bonds is 3. The fraction of sp³-hybridized carbons (Fsp3) is 0.733. The molecule has 17 heavy (non-hydrogen) atoms. The Kier molecular flexibility index (Phi) is 3.94. The van der Waals surface area contributed by atoms with Crippen molar-refractivity contribution in [3.63, 3.8) is 0 Å². The molecule has 96 valence electrons. The van der Waals surface area contributed by atoms with E-state index in [4.69, 9.17) is 0 Å². The molecule has 1 aliphatic rings. The maximum absolute atomic E-state index is 3.75. The molecule has 1 aliphatic carbocycles. The minimum Gasteiger partial charge on any atom is -0.309 e. The first kappa shape index (κ1) is 13.1. The van der Waals surface area contributed by atoms with Gasteiger partial charge >= 0.3 is 0 Å². The quantitative estimate of drug-likeness (QED) is 0.841. The highest BCUT2D eigenvalue weighted by atomic mass is 32.1. The minimum absolute atomic E-state index is 0.553. The molecule has 2 atom stereocenters. The lowest BCUT2D eigenvalue weighted by molar-refractivity contribution is 0.148. The second-order valence-electron chi connectivity index (χ2n) is 6.38. The van der Waals surface area contributed by atoms with Gasteiger partial charge in [-0.1, -0.05) is 20.8 Å². The zero-order valence-corrected chi connectivity index (χ0v) is 12.4. The van der Waals surface area contributed by atoms with Crippen molar-refractivity contribution in [1.29, 1.82) is 0 Å². The second kappa shape index (κ2) is 5.11. The molecule has 1 saturated carbocycles. The minimum atomic E-state index is 0.553. The Hall–Kier alpha value is -0.340. The summed E-state index contributed by atoms with van der Waals surface area (Å²) >= 11 is 1.91. The lowest BCUT2D eigenvalue weighted by Crippen LogP contribution is -2.41. The Bertz CT molecular complexity index is 367. The highest BCUT2D eigenvalue weighted by Gasteiger charge is 2.31. The Morgan fingerprint density at radius 1 is 1.41 bits per heavy atom. The van der Waals surface area contributed by atoms with Gasteiger partial charge in [0, 0.05) is 22.3 Å². The summed E-state index contributed by atoms with van der Waals surface area (Å²) in [6.45, 7) is 10.4. The van der Waals surface area contributed by atoms with Gasteiger partial charge in [0.2, 0.25) is 0 Å². The molecule has 0 aliphatic heterocycles. The first-order valence-corrected chi connectivity index (χ1v) is 7.57. The third kappa shape index (κ3) is 3.56. The SMILES string of the molecule is Cc1ccc(CNC2CCC(C)(C)CC2C)s1. The molecule has 0 aromatic carbocycles. The molecule has 2 unspecified atom stereocenters. The summed E-state index contributed by atoms with van der Waals surface area (Å²) in [6, 6.07) is 5.19. The molecule has 1 aromatic heterocycles. The Morgan fingerprint density at radius 3 is 2.76 bits per heavy atom. The molecular weight excluding hydrogens is 226 g/mol. The Balaban J connectivity index is 1.84. The van der Waals surface area contributed by atoms with Crippen LogP contribution in [0.4, 0.5) is 0 Å². The zero-order valence-electron chi connectivity index (χ0n) is 11.5. The highest BCUT2D eigenvalue weighted by molar-refractivity contribution is 7.11. The third-order valence-electron chi connectivity index (χ3n) is 4.03. The van der Waals surface area contributed by atoms with Gasteiger partial charge in [0.05, 0.1) is 0 Å². The number of hydrogen-bond donors (Lipinski definition) is 1. The molecule has 0 amide bonds. The molecule has 1 nitrogen and oxygen atoms in total. The summed E-state index contributed by atoms with van der Waals surface area (Å²) in [5.74, 6) is 0.805. The molecule has 2 rings (SSSR count). The average Bonchev–Trinajstić information content (AvgIpc) is 2.62. The molecule has 0 radical (unpaired) electrons. The average molecular weight is 251 g/mol. The van der Waals surface area contributed by atoms with Crippen LogP contribution in [0.15, 0.2) is 12.1 Å². The monoisotopic (exact) mass is 251 g/mol. The maximum atomic E-state index is 3.75. The van der Waals surface area contributed by atoms with Crippen molar-refractivity contribution < 1.29 is 0 Å². The van der Waals surface area contributed by atoms with Gasteiger partial charge in [-0.05, 0) is 49.7 Å². The second-order valence-corrected chi connectivity index (χ2v) is 7.76. The van der Waals surface area contributed by atoms with E-state index in [0.29, 0.717) is 11.5 Å². The van der Waals surface area contributed by atoms with Crippen LogP contribution >= 0.6 is 11.3 Å². The largest absolute Gasteiger partial charge is 0.309 e. The summed E-state index contributed by atoms with van der Waals surface area (Å²) in [6.07, 6.45) is 4.05. The van der Waals surface area contributed by atoms with Gasteiger partial charge in [-0.3, -0.25) is 0 Å². The van der Waals surface area contributed by atoms with E-state index in [-0.39, 0.29) is 0 Å². The van der Waals surface area contributed by atoms with E-state index in [1.165, 1.54) is 29.0 Å². The molecule has 0 bridgehead atoms. The van der Waals surface area contributed by atoms with Crippen LogP contribution in [0.1, 0.15) is 49.8 Å². The Labute approximate surface area is 110 Å². The maximum Gasteiger partial charge on any atom is 0.0302 e. The van der Waals surface area contributed by atoms with Crippen LogP contribution in [0.25, 0.3) is 0 Å². The molecule has 1 heterocycles. The lowest BCUT2D eigenvalue weighted by atomic mass is 9.70. The summed E-state index contributed by atoms with van der Waals surface area (Å²) in [5.41, 5.74) is 0.553. The molecule has 0 spiro atoms. The molecule has 1 N–H and O–H groups in total. The van der Waals surface area contributed by atoms with Gasteiger partial charge in [-0.2, -0.15) is 0 Å².